The molecule has 3 aromatic rings. The first-order valence-corrected chi connectivity index (χ1v) is 9.44. The number of carbonyl (C=O) groups is 1. The lowest BCUT2D eigenvalue weighted by atomic mass is 9.97. The number of hydrogen-bond donors (Lipinski definition) is 2. The average molecular weight is 391 g/mol. The molecule has 2 N–H and O–H groups in total. The lowest BCUT2D eigenvalue weighted by Gasteiger charge is -2.26. The predicted molar refractivity (Wildman–Crippen MR) is 107 cm³/mol. The summed E-state index contributed by atoms with van der Waals surface area (Å²) < 4.78 is 11.3. The van der Waals surface area contributed by atoms with E-state index in [2.05, 4.69) is 21.4 Å². The van der Waals surface area contributed by atoms with E-state index in [1.54, 1.807) is 0 Å². The SMILES string of the molecule is O=C(NC[C@H]1OCCc2ccccc21)c1cnc(COc2ccccc2)[nH]c1=O. The second kappa shape index (κ2) is 8.70. The minimum Gasteiger partial charge on any atom is -0.486 e. The first kappa shape index (κ1) is 18.9. The van der Waals surface area contributed by atoms with Crippen molar-refractivity contribution in [2.24, 2.45) is 0 Å². The third-order valence-corrected chi connectivity index (χ3v) is 4.76. The summed E-state index contributed by atoms with van der Waals surface area (Å²) in [7, 11) is 0. The third kappa shape index (κ3) is 4.52. The molecule has 2 heterocycles. The molecule has 0 spiro atoms. The minimum absolute atomic E-state index is 0.0439. The molecular weight excluding hydrogens is 370 g/mol. The molecule has 1 aliphatic heterocycles. The molecule has 148 valence electrons. The van der Waals surface area contributed by atoms with Gasteiger partial charge in [0.05, 0.1) is 6.61 Å². The zero-order valence-corrected chi connectivity index (χ0v) is 15.8. The number of rotatable bonds is 6. The highest BCUT2D eigenvalue weighted by Crippen LogP contribution is 2.26. The number of nitrogens with zero attached hydrogens (tertiary/aromatic N) is 1. The van der Waals surface area contributed by atoms with Crippen molar-refractivity contribution in [1.82, 2.24) is 15.3 Å². The van der Waals surface area contributed by atoms with E-state index >= 15 is 0 Å². The Morgan fingerprint density at radius 3 is 2.79 bits per heavy atom. The minimum atomic E-state index is -0.505. The van der Waals surface area contributed by atoms with E-state index in [-0.39, 0.29) is 24.8 Å². The number of amides is 1. The van der Waals surface area contributed by atoms with Crippen LogP contribution < -0.4 is 15.6 Å². The van der Waals surface area contributed by atoms with Gasteiger partial charge in [-0.3, -0.25) is 9.59 Å². The average Bonchev–Trinajstić information content (AvgIpc) is 2.77. The molecule has 7 nitrogen and oxygen atoms in total. The number of ether oxygens (including phenoxy) is 2. The van der Waals surface area contributed by atoms with E-state index in [9.17, 15) is 9.59 Å². The number of benzene rings is 2. The summed E-state index contributed by atoms with van der Waals surface area (Å²) in [5, 5.41) is 2.77. The van der Waals surface area contributed by atoms with Crippen LogP contribution in [-0.2, 0) is 17.8 Å². The molecule has 1 amide bonds. The summed E-state index contributed by atoms with van der Waals surface area (Å²) >= 11 is 0. The quantitative estimate of drug-likeness (QED) is 0.673. The Morgan fingerprint density at radius 1 is 1.17 bits per heavy atom. The second-order valence-electron chi connectivity index (χ2n) is 6.69. The van der Waals surface area contributed by atoms with Crippen molar-refractivity contribution in [2.45, 2.75) is 19.1 Å². The van der Waals surface area contributed by atoms with Crippen LogP contribution in [0.25, 0.3) is 0 Å². The number of fused-ring (bicyclic) bond motifs is 1. The monoisotopic (exact) mass is 391 g/mol. The van der Waals surface area contributed by atoms with Crippen LogP contribution in [0.15, 0.2) is 65.6 Å². The van der Waals surface area contributed by atoms with E-state index < -0.39 is 11.5 Å². The van der Waals surface area contributed by atoms with Gasteiger partial charge in [0.1, 0.15) is 29.8 Å². The van der Waals surface area contributed by atoms with Gasteiger partial charge in [-0.05, 0) is 29.7 Å². The number of H-pyrrole nitrogens is 1. The van der Waals surface area contributed by atoms with Crippen molar-refractivity contribution < 1.29 is 14.3 Å². The highest BCUT2D eigenvalue weighted by molar-refractivity contribution is 5.93. The summed E-state index contributed by atoms with van der Waals surface area (Å²) in [5.74, 6) is 0.533. The van der Waals surface area contributed by atoms with Crippen LogP contribution in [0.4, 0.5) is 0 Å². The molecule has 0 unspecified atom stereocenters. The normalized spacial score (nSPS) is 15.4. The van der Waals surface area contributed by atoms with Gasteiger partial charge in [-0.1, -0.05) is 42.5 Å². The number of nitrogens with one attached hydrogen (secondary N) is 2. The molecule has 0 radical (unpaired) electrons. The lowest BCUT2D eigenvalue weighted by Crippen LogP contribution is -2.35. The van der Waals surface area contributed by atoms with Crippen LogP contribution in [0.2, 0.25) is 0 Å². The molecule has 1 aliphatic rings. The Morgan fingerprint density at radius 2 is 1.97 bits per heavy atom. The van der Waals surface area contributed by atoms with Crippen molar-refractivity contribution in [3.05, 3.63) is 93.7 Å². The molecule has 0 fully saturated rings. The molecule has 7 heteroatoms. The largest absolute Gasteiger partial charge is 0.486 e. The zero-order valence-electron chi connectivity index (χ0n) is 15.8. The Hall–Kier alpha value is -3.45. The number of aromatic amines is 1. The van der Waals surface area contributed by atoms with Crippen LogP contribution in [0.1, 0.15) is 33.4 Å². The van der Waals surface area contributed by atoms with Crippen LogP contribution in [-0.4, -0.2) is 29.0 Å². The molecule has 4 rings (SSSR count). The Bertz CT molecular complexity index is 1050. The van der Waals surface area contributed by atoms with Gasteiger partial charge in [-0.25, -0.2) is 4.98 Å². The molecule has 29 heavy (non-hydrogen) atoms. The maximum absolute atomic E-state index is 12.5. The summed E-state index contributed by atoms with van der Waals surface area (Å²) in [6.07, 6.45) is 1.90. The number of carbonyl (C=O) groups excluding carboxylic acids is 1. The molecule has 0 saturated heterocycles. The second-order valence-corrected chi connectivity index (χ2v) is 6.69. The van der Waals surface area contributed by atoms with Gasteiger partial charge in [0, 0.05) is 12.7 Å². The highest BCUT2D eigenvalue weighted by atomic mass is 16.5. The molecule has 2 aromatic carbocycles. The third-order valence-electron chi connectivity index (χ3n) is 4.76. The maximum atomic E-state index is 12.5. The fraction of sp³-hybridized carbons (Fsp3) is 0.227. The maximum Gasteiger partial charge on any atom is 0.263 e. The fourth-order valence-corrected chi connectivity index (χ4v) is 3.26. The zero-order chi connectivity index (χ0) is 20.1. The van der Waals surface area contributed by atoms with Gasteiger partial charge in [0.15, 0.2) is 0 Å². The molecule has 1 atom stereocenters. The highest BCUT2D eigenvalue weighted by Gasteiger charge is 2.22. The number of para-hydroxylation sites is 1. The van der Waals surface area contributed by atoms with Crippen LogP contribution >= 0.6 is 0 Å². The Labute approximate surface area is 167 Å². The molecule has 1 aromatic heterocycles. The van der Waals surface area contributed by atoms with Crippen molar-refractivity contribution >= 4 is 5.91 Å². The first-order chi connectivity index (χ1) is 14.2. The number of aromatic nitrogens is 2. The Balaban J connectivity index is 1.37. The lowest BCUT2D eigenvalue weighted by molar-refractivity contribution is 0.0411. The number of hydrogen-bond acceptors (Lipinski definition) is 5. The van der Waals surface area contributed by atoms with Crippen molar-refractivity contribution in [3.8, 4) is 5.75 Å². The van der Waals surface area contributed by atoms with E-state index in [1.807, 2.05) is 48.5 Å². The van der Waals surface area contributed by atoms with Gasteiger partial charge in [0.25, 0.3) is 11.5 Å². The summed E-state index contributed by atoms with van der Waals surface area (Å²) in [6.45, 7) is 0.998. The van der Waals surface area contributed by atoms with Gasteiger partial charge < -0.3 is 19.8 Å². The predicted octanol–water partition coefficient (Wildman–Crippen LogP) is 2.39. The van der Waals surface area contributed by atoms with Gasteiger partial charge >= 0.3 is 0 Å². The standard InChI is InChI=1S/C22H21N3O4/c26-21(24-13-19-17-9-5-4-6-15(17)10-11-28-19)18-12-23-20(25-22(18)27)14-29-16-7-2-1-3-8-16/h1-9,12,19H,10-11,13-14H2,(H,24,26)(H,23,25,27)/t19-/m1/s1. The van der Waals surface area contributed by atoms with E-state index in [0.717, 1.165) is 12.0 Å². The van der Waals surface area contributed by atoms with Gasteiger partial charge in [-0.2, -0.15) is 0 Å². The van der Waals surface area contributed by atoms with Crippen molar-refractivity contribution in [2.75, 3.05) is 13.2 Å². The Kier molecular flexibility index (Phi) is 5.67. The van der Waals surface area contributed by atoms with E-state index in [4.69, 9.17) is 9.47 Å². The summed E-state index contributed by atoms with van der Waals surface area (Å²) in [6, 6.07) is 17.2. The molecule has 0 saturated carbocycles. The first-order valence-electron chi connectivity index (χ1n) is 9.44. The molecular formula is C22H21N3O4. The van der Waals surface area contributed by atoms with E-state index in [1.165, 1.54) is 11.8 Å². The van der Waals surface area contributed by atoms with E-state index in [0.29, 0.717) is 18.2 Å². The van der Waals surface area contributed by atoms with Crippen molar-refractivity contribution in [1.29, 1.82) is 0 Å². The molecule has 0 bridgehead atoms. The van der Waals surface area contributed by atoms with Crippen molar-refractivity contribution in [3.63, 3.8) is 0 Å². The smallest absolute Gasteiger partial charge is 0.263 e. The van der Waals surface area contributed by atoms with Gasteiger partial charge in [-0.15, -0.1) is 0 Å². The fourth-order valence-electron chi connectivity index (χ4n) is 3.26. The van der Waals surface area contributed by atoms with Crippen LogP contribution in [0.3, 0.4) is 0 Å². The van der Waals surface area contributed by atoms with Crippen LogP contribution in [0.5, 0.6) is 5.75 Å². The van der Waals surface area contributed by atoms with Crippen LogP contribution in [0, 0.1) is 0 Å². The molecule has 0 aliphatic carbocycles. The summed E-state index contributed by atoms with van der Waals surface area (Å²) in [4.78, 5) is 31.5. The summed E-state index contributed by atoms with van der Waals surface area (Å²) in [5.41, 5.74) is 1.74. The topological polar surface area (TPSA) is 93.3 Å². The van der Waals surface area contributed by atoms with Gasteiger partial charge in [0.2, 0.25) is 0 Å².